The Hall–Kier alpha value is -1.64. The van der Waals surface area contributed by atoms with Gasteiger partial charge in [0.1, 0.15) is 18.0 Å². The normalized spacial score (nSPS) is 20.4. The van der Waals surface area contributed by atoms with Crippen LogP contribution in [0.3, 0.4) is 0 Å². The Morgan fingerprint density at radius 1 is 1.33 bits per heavy atom. The molecule has 0 spiro atoms. The summed E-state index contributed by atoms with van der Waals surface area (Å²) in [6, 6.07) is 5.70. The molecule has 1 aliphatic heterocycles. The molecular formula is C19H29FN4O2S. The molecular weight excluding hydrogens is 367 g/mol. The molecule has 1 unspecified atom stereocenters. The fourth-order valence-corrected chi connectivity index (χ4v) is 3.77. The van der Waals surface area contributed by atoms with E-state index in [9.17, 15) is 14.0 Å². The number of likely N-dealkylation sites (N-methyl/N-ethyl adjacent to an activating group) is 2. The number of nitrogens with zero attached hydrogens (tertiary/aromatic N) is 3. The van der Waals surface area contributed by atoms with Gasteiger partial charge in [0, 0.05) is 6.54 Å². The average Bonchev–Trinajstić information content (AvgIpc) is 2.63. The van der Waals surface area contributed by atoms with Gasteiger partial charge >= 0.3 is 0 Å². The fraction of sp³-hybridized carbons (Fsp3) is 0.579. The second-order valence-corrected chi connectivity index (χ2v) is 7.97. The molecule has 150 valence electrons. The molecule has 1 N–H and O–H groups in total. The molecule has 0 aromatic heterocycles. The molecule has 0 bridgehead atoms. The monoisotopic (exact) mass is 396 g/mol. The standard InChI is InChI=1S/C19H29FN4O2S/c1-21-17-12-23(11-14-5-7-15(20)8-6-14)19(26)16(9-10-27-4)24(17)18(25)13-22(2)3/h5-8,16-17,21H,9-13H2,1-4H3/t16-,17?/m0/s1. The van der Waals surface area contributed by atoms with E-state index in [0.717, 1.165) is 11.3 Å². The van der Waals surface area contributed by atoms with Crippen LogP contribution in [0.1, 0.15) is 12.0 Å². The average molecular weight is 397 g/mol. The maximum absolute atomic E-state index is 13.2. The Bertz CT molecular complexity index is 641. The number of carbonyl (C=O) groups excluding carboxylic acids is 2. The number of halogens is 1. The van der Waals surface area contributed by atoms with E-state index >= 15 is 0 Å². The predicted octanol–water partition coefficient (Wildman–Crippen LogP) is 1.23. The molecule has 1 saturated heterocycles. The summed E-state index contributed by atoms with van der Waals surface area (Å²) in [6.07, 6.45) is 2.35. The number of hydrogen-bond donors (Lipinski definition) is 1. The van der Waals surface area contributed by atoms with Crippen molar-refractivity contribution in [3.8, 4) is 0 Å². The van der Waals surface area contributed by atoms with Gasteiger partial charge in [-0.05, 0) is 57.3 Å². The lowest BCUT2D eigenvalue weighted by atomic mass is 10.0. The Morgan fingerprint density at radius 3 is 2.56 bits per heavy atom. The van der Waals surface area contributed by atoms with Crippen LogP contribution in [0.25, 0.3) is 0 Å². The van der Waals surface area contributed by atoms with Crippen molar-refractivity contribution in [1.82, 2.24) is 20.0 Å². The number of amides is 2. The van der Waals surface area contributed by atoms with Gasteiger partial charge in [-0.3, -0.25) is 14.9 Å². The van der Waals surface area contributed by atoms with Crippen molar-refractivity contribution in [2.24, 2.45) is 0 Å². The molecule has 6 nitrogen and oxygen atoms in total. The number of carbonyl (C=O) groups is 2. The van der Waals surface area contributed by atoms with Crippen LogP contribution >= 0.6 is 11.8 Å². The van der Waals surface area contributed by atoms with Crippen LogP contribution in [0.4, 0.5) is 4.39 Å². The molecule has 2 amide bonds. The fourth-order valence-electron chi connectivity index (χ4n) is 3.31. The summed E-state index contributed by atoms with van der Waals surface area (Å²) in [5.74, 6) is 0.394. The van der Waals surface area contributed by atoms with E-state index in [1.807, 2.05) is 25.3 Å². The number of rotatable bonds is 8. The Balaban J connectivity index is 2.24. The predicted molar refractivity (Wildman–Crippen MR) is 107 cm³/mol. The first-order valence-electron chi connectivity index (χ1n) is 9.02. The first-order chi connectivity index (χ1) is 12.9. The van der Waals surface area contributed by atoms with Crippen molar-refractivity contribution < 1.29 is 14.0 Å². The lowest BCUT2D eigenvalue weighted by molar-refractivity contribution is -0.158. The van der Waals surface area contributed by atoms with E-state index in [-0.39, 0.29) is 30.3 Å². The minimum Gasteiger partial charge on any atom is -0.333 e. The molecule has 8 heteroatoms. The van der Waals surface area contributed by atoms with E-state index in [4.69, 9.17) is 0 Å². The number of hydrogen-bond acceptors (Lipinski definition) is 5. The highest BCUT2D eigenvalue weighted by atomic mass is 32.2. The quantitative estimate of drug-likeness (QED) is 0.716. The summed E-state index contributed by atoms with van der Waals surface area (Å²) in [5.41, 5.74) is 0.872. The zero-order chi connectivity index (χ0) is 20.0. The van der Waals surface area contributed by atoms with Gasteiger partial charge in [0.2, 0.25) is 11.8 Å². The van der Waals surface area contributed by atoms with Crippen molar-refractivity contribution in [2.75, 3.05) is 46.2 Å². The Morgan fingerprint density at radius 2 is 2.00 bits per heavy atom. The van der Waals surface area contributed by atoms with Gasteiger partial charge in [-0.25, -0.2) is 4.39 Å². The third-order valence-electron chi connectivity index (χ3n) is 4.62. The Labute approximate surface area is 165 Å². The van der Waals surface area contributed by atoms with Gasteiger partial charge < -0.3 is 14.7 Å². The van der Waals surface area contributed by atoms with Gasteiger partial charge in [-0.15, -0.1) is 0 Å². The molecule has 2 rings (SSSR count). The van der Waals surface area contributed by atoms with Gasteiger partial charge in [0.15, 0.2) is 0 Å². The van der Waals surface area contributed by atoms with Crippen LogP contribution in [0, 0.1) is 5.82 Å². The molecule has 0 radical (unpaired) electrons. The maximum Gasteiger partial charge on any atom is 0.245 e. The van der Waals surface area contributed by atoms with Crippen molar-refractivity contribution in [1.29, 1.82) is 0 Å². The molecule has 0 aliphatic carbocycles. The first-order valence-corrected chi connectivity index (χ1v) is 10.4. The van der Waals surface area contributed by atoms with E-state index < -0.39 is 6.04 Å². The molecule has 2 atom stereocenters. The maximum atomic E-state index is 13.2. The Kier molecular flexibility index (Phi) is 8.07. The molecule has 27 heavy (non-hydrogen) atoms. The minimum absolute atomic E-state index is 0.0491. The van der Waals surface area contributed by atoms with Gasteiger partial charge in [-0.1, -0.05) is 12.1 Å². The summed E-state index contributed by atoms with van der Waals surface area (Å²) in [4.78, 5) is 31.3. The molecule has 1 heterocycles. The van der Waals surface area contributed by atoms with E-state index in [2.05, 4.69) is 5.32 Å². The lowest BCUT2D eigenvalue weighted by Crippen LogP contribution is -2.67. The van der Waals surface area contributed by atoms with Crippen molar-refractivity contribution in [3.05, 3.63) is 35.6 Å². The summed E-state index contributed by atoms with van der Waals surface area (Å²) in [5, 5.41) is 3.19. The highest BCUT2D eigenvalue weighted by Gasteiger charge is 2.42. The highest BCUT2D eigenvalue weighted by Crippen LogP contribution is 2.22. The lowest BCUT2D eigenvalue weighted by Gasteiger charge is -2.46. The highest BCUT2D eigenvalue weighted by molar-refractivity contribution is 7.98. The zero-order valence-corrected chi connectivity index (χ0v) is 17.3. The topological polar surface area (TPSA) is 55.9 Å². The third kappa shape index (κ3) is 5.67. The summed E-state index contributed by atoms with van der Waals surface area (Å²) >= 11 is 1.66. The second kappa shape index (κ2) is 10.1. The van der Waals surface area contributed by atoms with E-state index in [1.54, 1.807) is 40.7 Å². The minimum atomic E-state index is -0.489. The van der Waals surface area contributed by atoms with Crippen LogP contribution in [-0.4, -0.2) is 85.0 Å². The second-order valence-electron chi connectivity index (χ2n) is 6.99. The molecule has 1 aromatic carbocycles. The number of piperazine rings is 1. The largest absolute Gasteiger partial charge is 0.333 e. The van der Waals surface area contributed by atoms with Crippen molar-refractivity contribution in [2.45, 2.75) is 25.2 Å². The zero-order valence-electron chi connectivity index (χ0n) is 16.4. The van der Waals surface area contributed by atoms with Crippen molar-refractivity contribution >= 4 is 23.6 Å². The number of thioether (sulfide) groups is 1. The molecule has 1 aliphatic rings. The third-order valence-corrected chi connectivity index (χ3v) is 5.26. The van der Waals surface area contributed by atoms with Crippen LogP contribution in [0.5, 0.6) is 0 Å². The molecule has 1 fully saturated rings. The summed E-state index contributed by atoms with van der Waals surface area (Å²) in [7, 11) is 5.49. The first kappa shape index (κ1) is 21.7. The smallest absolute Gasteiger partial charge is 0.245 e. The molecule has 0 saturated carbocycles. The van der Waals surface area contributed by atoms with E-state index in [1.165, 1.54) is 12.1 Å². The number of benzene rings is 1. The van der Waals surface area contributed by atoms with Crippen LogP contribution < -0.4 is 5.32 Å². The van der Waals surface area contributed by atoms with E-state index in [0.29, 0.717) is 19.5 Å². The van der Waals surface area contributed by atoms with Crippen LogP contribution in [0.15, 0.2) is 24.3 Å². The van der Waals surface area contributed by atoms with Gasteiger partial charge in [-0.2, -0.15) is 11.8 Å². The van der Waals surface area contributed by atoms with Crippen LogP contribution in [0.2, 0.25) is 0 Å². The van der Waals surface area contributed by atoms with Crippen LogP contribution in [-0.2, 0) is 16.1 Å². The molecule has 1 aromatic rings. The summed E-state index contributed by atoms with van der Waals surface area (Å²) in [6.45, 7) is 1.07. The number of nitrogens with one attached hydrogen (secondary N) is 1. The van der Waals surface area contributed by atoms with Crippen molar-refractivity contribution in [3.63, 3.8) is 0 Å². The summed E-state index contributed by atoms with van der Waals surface area (Å²) < 4.78 is 13.2. The van der Waals surface area contributed by atoms with Gasteiger partial charge in [0.25, 0.3) is 0 Å². The SMILES string of the molecule is CNC1CN(Cc2ccc(F)cc2)C(=O)[C@H](CCSC)N1C(=O)CN(C)C. The van der Waals surface area contributed by atoms with Gasteiger partial charge in [0.05, 0.1) is 13.1 Å².